The van der Waals surface area contributed by atoms with Gasteiger partial charge in [0.15, 0.2) is 0 Å². The number of hydrogen-bond donors (Lipinski definition) is 1. The molecule has 1 atom stereocenters. The molecule has 2 heterocycles. The molecule has 1 fully saturated rings. The molecule has 0 spiro atoms. The molecule has 1 aromatic heterocycles. The van der Waals surface area contributed by atoms with Gasteiger partial charge in [-0.25, -0.2) is 4.98 Å². The highest BCUT2D eigenvalue weighted by atomic mass is 15.2. The first-order valence-corrected chi connectivity index (χ1v) is 8.18. The normalized spacial score (nSPS) is 18.2. The van der Waals surface area contributed by atoms with Crippen LogP contribution in [0, 0.1) is 5.92 Å². The first-order valence-electron chi connectivity index (χ1n) is 8.18. The van der Waals surface area contributed by atoms with Gasteiger partial charge in [-0.1, -0.05) is 20.3 Å². The Morgan fingerprint density at radius 1 is 1.35 bits per heavy atom. The Balaban J connectivity index is 1.99. The van der Waals surface area contributed by atoms with Crippen LogP contribution >= 0.6 is 0 Å². The van der Waals surface area contributed by atoms with Crippen molar-refractivity contribution in [3.63, 3.8) is 0 Å². The minimum Gasteiger partial charge on any atom is -0.357 e. The molecule has 1 saturated heterocycles. The molecule has 112 valence electrons. The van der Waals surface area contributed by atoms with Gasteiger partial charge in [0.25, 0.3) is 0 Å². The molecule has 1 aliphatic heterocycles. The fourth-order valence-electron chi connectivity index (χ4n) is 2.93. The van der Waals surface area contributed by atoms with Crippen LogP contribution in [-0.4, -0.2) is 24.6 Å². The largest absolute Gasteiger partial charge is 0.357 e. The molecule has 1 aliphatic rings. The zero-order valence-corrected chi connectivity index (χ0v) is 13.2. The van der Waals surface area contributed by atoms with E-state index in [9.17, 15) is 0 Å². The molecule has 0 aliphatic carbocycles. The Kier molecular flexibility index (Phi) is 5.84. The lowest BCUT2D eigenvalue weighted by Crippen LogP contribution is -2.34. The predicted octanol–water partition coefficient (Wildman–Crippen LogP) is 3.77. The van der Waals surface area contributed by atoms with Crippen molar-refractivity contribution in [1.29, 1.82) is 0 Å². The van der Waals surface area contributed by atoms with Gasteiger partial charge in [0, 0.05) is 25.3 Å². The van der Waals surface area contributed by atoms with E-state index in [0.29, 0.717) is 6.04 Å². The first kappa shape index (κ1) is 15.3. The molecule has 3 nitrogen and oxygen atoms in total. The average molecular weight is 275 g/mol. The lowest BCUT2D eigenvalue weighted by molar-refractivity contribution is 0.393. The van der Waals surface area contributed by atoms with Crippen molar-refractivity contribution in [2.45, 2.75) is 52.5 Å². The summed E-state index contributed by atoms with van der Waals surface area (Å²) in [6, 6.07) is 4.81. The minimum atomic E-state index is 0.407. The van der Waals surface area contributed by atoms with Crippen LogP contribution < -0.4 is 10.2 Å². The van der Waals surface area contributed by atoms with Crippen LogP contribution in [0.15, 0.2) is 18.3 Å². The summed E-state index contributed by atoms with van der Waals surface area (Å²) in [5.74, 6) is 2.07. The molecule has 1 N–H and O–H groups in total. The van der Waals surface area contributed by atoms with E-state index < -0.39 is 0 Å². The molecule has 0 saturated carbocycles. The maximum Gasteiger partial charge on any atom is 0.128 e. The standard InChI is InChI=1S/C17H29N3/c1-4-9-18-14(3)16-6-10-19-17(13-16)20-11-7-15(5-2)8-12-20/h6,10,13-15,18H,4-5,7-9,11-12H2,1-3H3. The monoisotopic (exact) mass is 275 g/mol. The molecule has 0 amide bonds. The van der Waals surface area contributed by atoms with Crippen LogP contribution in [0.2, 0.25) is 0 Å². The zero-order chi connectivity index (χ0) is 14.4. The summed E-state index contributed by atoms with van der Waals surface area (Å²) < 4.78 is 0. The predicted molar refractivity (Wildman–Crippen MR) is 86.2 cm³/mol. The van der Waals surface area contributed by atoms with E-state index in [-0.39, 0.29) is 0 Å². The van der Waals surface area contributed by atoms with Gasteiger partial charge < -0.3 is 10.2 Å². The Hall–Kier alpha value is -1.09. The highest BCUT2D eigenvalue weighted by molar-refractivity contribution is 5.42. The number of rotatable bonds is 6. The third-order valence-corrected chi connectivity index (χ3v) is 4.49. The fourth-order valence-corrected chi connectivity index (χ4v) is 2.93. The Morgan fingerprint density at radius 3 is 2.75 bits per heavy atom. The molecular formula is C17H29N3. The highest BCUT2D eigenvalue weighted by Gasteiger charge is 2.19. The van der Waals surface area contributed by atoms with Crippen molar-refractivity contribution < 1.29 is 0 Å². The Bertz CT molecular complexity index is 397. The summed E-state index contributed by atoms with van der Waals surface area (Å²) in [6.45, 7) is 10.1. The molecule has 20 heavy (non-hydrogen) atoms. The van der Waals surface area contributed by atoms with Crippen LogP contribution in [0.1, 0.15) is 58.1 Å². The summed E-state index contributed by atoms with van der Waals surface area (Å²) >= 11 is 0. The lowest BCUT2D eigenvalue weighted by Gasteiger charge is -2.32. The molecule has 0 radical (unpaired) electrons. The minimum absolute atomic E-state index is 0.407. The average Bonchev–Trinajstić information content (AvgIpc) is 2.52. The van der Waals surface area contributed by atoms with Gasteiger partial charge >= 0.3 is 0 Å². The van der Waals surface area contributed by atoms with Crippen molar-refractivity contribution in [2.75, 3.05) is 24.5 Å². The molecule has 0 aromatic carbocycles. The number of nitrogens with zero attached hydrogens (tertiary/aromatic N) is 2. The van der Waals surface area contributed by atoms with Gasteiger partial charge in [-0.05, 0) is 56.3 Å². The van der Waals surface area contributed by atoms with E-state index in [1.807, 2.05) is 6.20 Å². The third-order valence-electron chi connectivity index (χ3n) is 4.49. The quantitative estimate of drug-likeness (QED) is 0.856. The first-order chi connectivity index (χ1) is 9.74. The van der Waals surface area contributed by atoms with E-state index in [0.717, 1.165) is 31.4 Å². The molecule has 1 aromatic rings. The van der Waals surface area contributed by atoms with E-state index >= 15 is 0 Å². The van der Waals surface area contributed by atoms with E-state index in [1.165, 1.54) is 31.2 Å². The molecular weight excluding hydrogens is 246 g/mol. The number of hydrogen-bond acceptors (Lipinski definition) is 3. The fraction of sp³-hybridized carbons (Fsp3) is 0.706. The van der Waals surface area contributed by atoms with Crippen molar-refractivity contribution in [1.82, 2.24) is 10.3 Å². The van der Waals surface area contributed by atoms with Crippen LogP contribution in [0.4, 0.5) is 5.82 Å². The second-order valence-corrected chi connectivity index (χ2v) is 5.96. The van der Waals surface area contributed by atoms with Gasteiger partial charge in [-0.2, -0.15) is 0 Å². The number of aromatic nitrogens is 1. The van der Waals surface area contributed by atoms with Gasteiger partial charge in [-0.3, -0.25) is 0 Å². The van der Waals surface area contributed by atoms with Gasteiger partial charge in [0.2, 0.25) is 0 Å². The van der Waals surface area contributed by atoms with Crippen molar-refractivity contribution in [2.24, 2.45) is 5.92 Å². The zero-order valence-electron chi connectivity index (χ0n) is 13.2. The molecule has 0 bridgehead atoms. The van der Waals surface area contributed by atoms with Crippen molar-refractivity contribution >= 4 is 5.82 Å². The van der Waals surface area contributed by atoms with E-state index in [1.54, 1.807) is 0 Å². The van der Waals surface area contributed by atoms with E-state index in [4.69, 9.17) is 0 Å². The SMILES string of the molecule is CCCNC(C)c1ccnc(N2CCC(CC)CC2)c1. The topological polar surface area (TPSA) is 28.2 Å². The maximum atomic E-state index is 4.57. The van der Waals surface area contributed by atoms with Crippen molar-refractivity contribution in [3.8, 4) is 0 Å². The molecule has 3 heteroatoms. The van der Waals surface area contributed by atoms with Crippen molar-refractivity contribution in [3.05, 3.63) is 23.9 Å². The summed E-state index contributed by atoms with van der Waals surface area (Å²) in [6.07, 6.45) is 7.07. The second kappa shape index (κ2) is 7.63. The number of anilines is 1. The smallest absolute Gasteiger partial charge is 0.128 e. The number of pyridine rings is 1. The lowest BCUT2D eigenvalue weighted by atomic mass is 9.94. The summed E-state index contributed by atoms with van der Waals surface area (Å²) in [5, 5.41) is 3.55. The second-order valence-electron chi connectivity index (χ2n) is 5.96. The van der Waals surface area contributed by atoms with Crippen LogP contribution in [0.25, 0.3) is 0 Å². The molecule has 1 unspecified atom stereocenters. The van der Waals surface area contributed by atoms with Gasteiger partial charge in [0.1, 0.15) is 5.82 Å². The highest BCUT2D eigenvalue weighted by Crippen LogP contribution is 2.25. The Morgan fingerprint density at radius 2 is 2.10 bits per heavy atom. The summed E-state index contributed by atoms with van der Waals surface area (Å²) in [7, 11) is 0. The van der Waals surface area contributed by atoms with E-state index in [2.05, 4.69) is 48.1 Å². The van der Waals surface area contributed by atoms with Crippen LogP contribution in [-0.2, 0) is 0 Å². The Labute approximate surface area is 123 Å². The summed E-state index contributed by atoms with van der Waals surface area (Å²) in [5.41, 5.74) is 1.35. The van der Waals surface area contributed by atoms with Crippen LogP contribution in [0.5, 0.6) is 0 Å². The summed E-state index contributed by atoms with van der Waals surface area (Å²) in [4.78, 5) is 7.02. The molecule has 2 rings (SSSR count). The maximum absolute atomic E-state index is 4.57. The van der Waals surface area contributed by atoms with Gasteiger partial charge in [-0.15, -0.1) is 0 Å². The number of piperidine rings is 1. The van der Waals surface area contributed by atoms with Gasteiger partial charge in [0.05, 0.1) is 0 Å². The number of nitrogens with one attached hydrogen (secondary N) is 1. The van der Waals surface area contributed by atoms with Crippen LogP contribution in [0.3, 0.4) is 0 Å². The third kappa shape index (κ3) is 3.95.